The Labute approximate surface area is 203 Å². The van der Waals surface area contributed by atoms with Crippen LogP contribution >= 0.6 is 15.9 Å². The fourth-order valence-corrected chi connectivity index (χ4v) is 4.34. The van der Waals surface area contributed by atoms with Gasteiger partial charge >= 0.3 is 5.97 Å². The molecule has 172 valence electrons. The number of rotatable bonds is 10. The molecule has 4 rings (SSSR count). The SMILES string of the molecule is O=C(O)c1ccc(CN(CCN2CCCC2)Cc2ccc(Oc3ccc(Br)cc3)cc2)cc1. The van der Waals surface area contributed by atoms with Gasteiger partial charge in [0, 0.05) is 30.7 Å². The summed E-state index contributed by atoms with van der Waals surface area (Å²) in [5.41, 5.74) is 2.67. The van der Waals surface area contributed by atoms with E-state index in [-0.39, 0.29) is 0 Å². The summed E-state index contributed by atoms with van der Waals surface area (Å²) >= 11 is 3.44. The number of carboxylic acid groups (broad SMARTS) is 1. The van der Waals surface area contributed by atoms with Gasteiger partial charge in [-0.05, 0) is 85.6 Å². The van der Waals surface area contributed by atoms with E-state index in [2.05, 4.69) is 37.9 Å². The van der Waals surface area contributed by atoms with E-state index < -0.39 is 5.97 Å². The molecule has 1 aliphatic rings. The first kappa shape index (κ1) is 23.5. The molecule has 33 heavy (non-hydrogen) atoms. The number of likely N-dealkylation sites (tertiary alicyclic amines) is 1. The summed E-state index contributed by atoms with van der Waals surface area (Å²) in [6.45, 7) is 6.00. The van der Waals surface area contributed by atoms with Crippen LogP contribution in [0.2, 0.25) is 0 Å². The van der Waals surface area contributed by atoms with Crippen LogP contribution in [-0.4, -0.2) is 47.1 Å². The van der Waals surface area contributed by atoms with Crippen molar-refractivity contribution < 1.29 is 14.6 Å². The standard InChI is InChI=1S/C27H29BrN2O3/c28-24-9-13-26(14-10-24)33-25-11-5-22(6-12-25)20-30(18-17-29-15-1-2-16-29)19-21-3-7-23(8-4-21)27(31)32/h3-14H,1-2,15-20H2,(H,31,32). The molecule has 3 aromatic rings. The molecule has 0 aliphatic carbocycles. The van der Waals surface area contributed by atoms with Gasteiger partial charge in [0.2, 0.25) is 0 Å². The molecule has 0 radical (unpaired) electrons. The third-order valence-corrected chi connectivity index (χ3v) is 6.45. The highest BCUT2D eigenvalue weighted by Gasteiger charge is 2.14. The molecule has 1 heterocycles. The van der Waals surface area contributed by atoms with Crippen LogP contribution in [0.1, 0.15) is 34.3 Å². The lowest BCUT2D eigenvalue weighted by Gasteiger charge is -2.25. The lowest BCUT2D eigenvalue weighted by atomic mass is 10.1. The summed E-state index contributed by atoms with van der Waals surface area (Å²) in [6.07, 6.45) is 2.58. The van der Waals surface area contributed by atoms with Gasteiger partial charge in [-0.15, -0.1) is 0 Å². The normalized spacial score (nSPS) is 14.0. The quantitative estimate of drug-likeness (QED) is 0.361. The maximum Gasteiger partial charge on any atom is 0.335 e. The van der Waals surface area contributed by atoms with Gasteiger partial charge in [0.15, 0.2) is 0 Å². The number of hydrogen-bond donors (Lipinski definition) is 1. The van der Waals surface area contributed by atoms with Crippen LogP contribution in [-0.2, 0) is 13.1 Å². The molecule has 3 aromatic carbocycles. The predicted octanol–water partition coefficient (Wildman–Crippen LogP) is 6.04. The van der Waals surface area contributed by atoms with Gasteiger partial charge in [-0.1, -0.05) is 40.2 Å². The van der Waals surface area contributed by atoms with E-state index >= 15 is 0 Å². The minimum atomic E-state index is -0.891. The molecule has 0 aromatic heterocycles. The summed E-state index contributed by atoms with van der Waals surface area (Å²) in [5.74, 6) is 0.731. The van der Waals surface area contributed by atoms with Crippen LogP contribution in [0.4, 0.5) is 0 Å². The Balaban J connectivity index is 1.40. The second-order valence-corrected chi connectivity index (χ2v) is 9.38. The lowest BCUT2D eigenvalue weighted by Crippen LogP contribution is -2.33. The third-order valence-electron chi connectivity index (χ3n) is 5.92. The van der Waals surface area contributed by atoms with Crippen molar-refractivity contribution in [3.8, 4) is 11.5 Å². The first-order valence-electron chi connectivity index (χ1n) is 11.3. The number of halogens is 1. The van der Waals surface area contributed by atoms with Crippen LogP contribution < -0.4 is 4.74 Å². The number of carboxylic acids is 1. The van der Waals surface area contributed by atoms with Gasteiger partial charge in [0.1, 0.15) is 11.5 Å². The minimum absolute atomic E-state index is 0.323. The van der Waals surface area contributed by atoms with Crippen LogP contribution in [0.3, 0.4) is 0 Å². The van der Waals surface area contributed by atoms with Crippen molar-refractivity contribution >= 4 is 21.9 Å². The molecule has 0 unspecified atom stereocenters. The molecule has 5 nitrogen and oxygen atoms in total. The number of benzene rings is 3. The van der Waals surface area contributed by atoms with E-state index in [0.717, 1.165) is 47.7 Å². The average molecular weight is 509 g/mol. The third kappa shape index (κ3) is 7.16. The highest BCUT2D eigenvalue weighted by molar-refractivity contribution is 9.10. The van der Waals surface area contributed by atoms with Crippen LogP contribution in [0.15, 0.2) is 77.3 Å². The van der Waals surface area contributed by atoms with E-state index in [4.69, 9.17) is 9.84 Å². The van der Waals surface area contributed by atoms with E-state index in [1.54, 1.807) is 12.1 Å². The van der Waals surface area contributed by atoms with Gasteiger partial charge in [0.05, 0.1) is 5.56 Å². The van der Waals surface area contributed by atoms with Crippen molar-refractivity contribution in [3.63, 3.8) is 0 Å². The lowest BCUT2D eigenvalue weighted by molar-refractivity contribution is 0.0697. The van der Waals surface area contributed by atoms with Crippen molar-refractivity contribution in [1.82, 2.24) is 9.80 Å². The highest BCUT2D eigenvalue weighted by atomic mass is 79.9. The van der Waals surface area contributed by atoms with E-state index in [1.807, 2.05) is 48.5 Å². The van der Waals surface area contributed by atoms with Crippen molar-refractivity contribution in [2.45, 2.75) is 25.9 Å². The van der Waals surface area contributed by atoms with Crippen LogP contribution in [0, 0.1) is 0 Å². The Hall–Kier alpha value is -2.67. The Kier molecular flexibility index (Phi) is 8.15. The van der Waals surface area contributed by atoms with Gasteiger partial charge in [0.25, 0.3) is 0 Å². The number of hydrogen-bond acceptors (Lipinski definition) is 4. The summed E-state index contributed by atoms with van der Waals surface area (Å²) in [5, 5.41) is 9.16. The average Bonchev–Trinajstić information content (AvgIpc) is 3.34. The van der Waals surface area contributed by atoms with Crippen molar-refractivity contribution in [2.75, 3.05) is 26.2 Å². The van der Waals surface area contributed by atoms with Crippen LogP contribution in [0.25, 0.3) is 0 Å². The molecule has 1 saturated heterocycles. The summed E-state index contributed by atoms with van der Waals surface area (Å²) in [4.78, 5) is 16.1. The Morgan fingerprint density at radius 3 is 1.91 bits per heavy atom. The van der Waals surface area contributed by atoms with Gasteiger partial charge in [-0.2, -0.15) is 0 Å². The molecule has 1 N–H and O–H groups in total. The summed E-state index contributed by atoms with van der Waals surface area (Å²) in [7, 11) is 0. The van der Waals surface area contributed by atoms with E-state index in [9.17, 15) is 4.79 Å². The Morgan fingerprint density at radius 1 is 0.848 bits per heavy atom. The summed E-state index contributed by atoms with van der Waals surface area (Å²) < 4.78 is 6.97. The van der Waals surface area contributed by atoms with Gasteiger partial charge in [-0.25, -0.2) is 4.79 Å². The molecule has 6 heteroatoms. The molecule has 0 bridgehead atoms. The first-order chi connectivity index (χ1) is 16.0. The Bertz CT molecular complexity index is 1030. The number of ether oxygens (including phenoxy) is 1. The van der Waals surface area contributed by atoms with E-state index in [0.29, 0.717) is 5.56 Å². The molecule has 1 aliphatic heterocycles. The maximum atomic E-state index is 11.2. The fourth-order valence-electron chi connectivity index (χ4n) is 4.07. The summed E-state index contributed by atoms with van der Waals surface area (Å²) in [6, 6.07) is 23.3. The maximum absolute atomic E-state index is 11.2. The predicted molar refractivity (Wildman–Crippen MR) is 134 cm³/mol. The number of nitrogens with zero attached hydrogens (tertiary/aromatic N) is 2. The minimum Gasteiger partial charge on any atom is -0.478 e. The largest absolute Gasteiger partial charge is 0.478 e. The number of carbonyl (C=O) groups is 1. The smallest absolute Gasteiger partial charge is 0.335 e. The van der Waals surface area contributed by atoms with Crippen LogP contribution in [0.5, 0.6) is 11.5 Å². The molecule has 0 amide bonds. The fraction of sp³-hybridized carbons (Fsp3) is 0.296. The number of aromatic carboxylic acids is 1. The monoisotopic (exact) mass is 508 g/mol. The first-order valence-corrected chi connectivity index (χ1v) is 12.1. The highest BCUT2D eigenvalue weighted by Crippen LogP contribution is 2.24. The second kappa shape index (κ2) is 11.5. The van der Waals surface area contributed by atoms with Crippen molar-refractivity contribution in [1.29, 1.82) is 0 Å². The van der Waals surface area contributed by atoms with Crippen molar-refractivity contribution in [2.24, 2.45) is 0 Å². The van der Waals surface area contributed by atoms with E-state index in [1.165, 1.54) is 31.5 Å². The molecular formula is C27H29BrN2O3. The zero-order chi connectivity index (χ0) is 23.0. The topological polar surface area (TPSA) is 53.0 Å². The Morgan fingerprint density at radius 2 is 1.36 bits per heavy atom. The van der Waals surface area contributed by atoms with Gasteiger partial charge in [-0.3, -0.25) is 4.90 Å². The second-order valence-electron chi connectivity index (χ2n) is 8.46. The molecule has 1 fully saturated rings. The zero-order valence-corrected chi connectivity index (χ0v) is 20.2. The molecule has 0 saturated carbocycles. The molecule has 0 spiro atoms. The molecule has 0 atom stereocenters. The molecular weight excluding hydrogens is 480 g/mol. The van der Waals surface area contributed by atoms with Crippen molar-refractivity contribution in [3.05, 3.63) is 94.0 Å². The van der Waals surface area contributed by atoms with Gasteiger partial charge < -0.3 is 14.7 Å². The zero-order valence-electron chi connectivity index (χ0n) is 18.6.